The van der Waals surface area contributed by atoms with E-state index in [-0.39, 0.29) is 11.7 Å². The highest BCUT2D eigenvalue weighted by atomic mass is 35.5. The Bertz CT molecular complexity index is 622. The van der Waals surface area contributed by atoms with Crippen LogP contribution < -0.4 is 10.1 Å². The predicted molar refractivity (Wildman–Crippen MR) is 71.9 cm³/mol. The zero-order valence-electron chi connectivity index (χ0n) is 10.8. The van der Waals surface area contributed by atoms with Crippen molar-refractivity contribution >= 4 is 23.2 Å². The summed E-state index contributed by atoms with van der Waals surface area (Å²) in [5.41, 5.74) is 1.37. The van der Waals surface area contributed by atoms with E-state index in [1.54, 1.807) is 19.1 Å². The van der Waals surface area contributed by atoms with E-state index in [9.17, 15) is 4.79 Å². The monoisotopic (exact) mass is 280 g/mol. The van der Waals surface area contributed by atoms with Crippen molar-refractivity contribution in [2.75, 3.05) is 12.4 Å². The highest BCUT2D eigenvalue weighted by molar-refractivity contribution is 6.31. The predicted octanol–water partition coefficient (Wildman–Crippen LogP) is 3.21. The normalized spacial score (nSPS) is 10.3. The number of oxazole rings is 1. The Morgan fingerprint density at radius 1 is 1.42 bits per heavy atom. The van der Waals surface area contributed by atoms with Crippen molar-refractivity contribution in [3.8, 4) is 5.75 Å². The van der Waals surface area contributed by atoms with Crippen LogP contribution >= 0.6 is 11.6 Å². The number of ether oxygens (including phenoxy) is 1. The third-order valence-electron chi connectivity index (χ3n) is 2.57. The van der Waals surface area contributed by atoms with Crippen LogP contribution in [0.1, 0.15) is 22.0 Å². The van der Waals surface area contributed by atoms with Gasteiger partial charge in [-0.3, -0.25) is 4.79 Å². The lowest BCUT2D eigenvalue weighted by Crippen LogP contribution is -2.12. The fourth-order valence-corrected chi connectivity index (χ4v) is 1.73. The Morgan fingerprint density at radius 3 is 2.74 bits per heavy atom. The summed E-state index contributed by atoms with van der Waals surface area (Å²) in [5, 5.41) is 3.28. The highest BCUT2D eigenvalue weighted by Gasteiger charge is 2.14. The molecule has 1 N–H and O–H groups in total. The van der Waals surface area contributed by atoms with Crippen molar-refractivity contribution in [2.45, 2.75) is 13.8 Å². The topological polar surface area (TPSA) is 64.4 Å². The van der Waals surface area contributed by atoms with Gasteiger partial charge in [0.1, 0.15) is 5.75 Å². The fraction of sp³-hybridized carbons (Fsp3) is 0.231. The van der Waals surface area contributed by atoms with E-state index in [1.165, 1.54) is 13.3 Å². The number of nitrogens with zero attached hydrogens (tertiary/aromatic N) is 1. The molecule has 0 spiro atoms. The van der Waals surface area contributed by atoms with Crippen molar-refractivity contribution in [1.82, 2.24) is 4.98 Å². The summed E-state index contributed by atoms with van der Waals surface area (Å²) < 4.78 is 10.3. The Balaban J connectivity index is 2.28. The van der Waals surface area contributed by atoms with Gasteiger partial charge in [-0.15, -0.1) is 0 Å². The summed E-state index contributed by atoms with van der Waals surface area (Å²) >= 11 is 6.00. The molecule has 0 bridgehead atoms. The number of hydrogen-bond donors (Lipinski definition) is 1. The molecule has 0 unspecified atom stereocenters. The van der Waals surface area contributed by atoms with Gasteiger partial charge < -0.3 is 14.5 Å². The molecule has 1 aromatic heterocycles. The highest BCUT2D eigenvalue weighted by Crippen LogP contribution is 2.31. The number of hydrogen-bond acceptors (Lipinski definition) is 4. The number of aromatic nitrogens is 1. The van der Waals surface area contributed by atoms with Gasteiger partial charge in [0, 0.05) is 18.0 Å². The van der Waals surface area contributed by atoms with Gasteiger partial charge >= 0.3 is 0 Å². The van der Waals surface area contributed by atoms with E-state index >= 15 is 0 Å². The van der Waals surface area contributed by atoms with Crippen LogP contribution in [-0.2, 0) is 0 Å². The van der Waals surface area contributed by atoms with Crippen LogP contribution in [0, 0.1) is 13.8 Å². The molecule has 100 valence electrons. The first-order valence-corrected chi connectivity index (χ1v) is 5.97. The van der Waals surface area contributed by atoms with Gasteiger partial charge in [0.15, 0.2) is 5.89 Å². The molecule has 2 aromatic rings. The van der Waals surface area contributed by atoms with E-state index in [0.29, 0.717) is 22.4 Å². The quantitative estimate of drug-likeness (QED) is 0.938. The van der Waals surface area contributed by atoms with Gasteiger partial charge in [0.05, 0.1) is 19.0 Å². The van der Waals surface area contributed by atoms with Gasteiger partial charge in [-0.2, -0.15) is 0 Å². The molecule has 1 heterocycles. The lowest BCUT2D eigenvalue weighted by atomic mass is 10.2. The number of aryl methyl sites for hydroxylation is 2. The maximum absolute atomic E-state index is 12.0. The maximum atomic E-state index is 12.0. The Kier molecular flexibility index (Phi) is 3.76. The number of methoxy groups -OCH3 is 1. The number of amides is 1. The summed E-state index contributed by atoms with van der Waals surface area (Å²) in [6.45, 7) is 3.51. The molecule has 0 saturated heterocycles. The zero-order valence-corrected chi connectivity index (χ0v) is 11.5. The minimum Gasteiger partial charge on any atom is -0.495 e. The molecule has 2 rings (SSSR count). The second-order valence-corrected chi connectivity index (χ2v) is 4.41. The molecular formula is C13H13ClN2O3. The van der Waals surface area contributed by atoms with Crippen molar-refractivity contribution in [3.63, 3.8) is 0 Å². The number of carbonyl (C=O) groups excluding carboxylic acids is 1. The molecular weight excluding hydrogens is 268 g/mol. The smallest absolute Gasteiger partial charge is 0.293 e. The second-order valence-electron chi connectivity index (χ2n) is 4.00. The summed E-state index contributed by atoms with van der Waals surface area (Å²) in [7, 11) is 1.51. The lowest BCUT2D eigenvalue weighted by molar-refractivity contribution is 0.0995. The average Bonchev–Trinajstić information content (AvgIpc) is 2.80. The molecule has 0 aliphatic carbocycles. The largest absolute Gasteiger partial charge is 0.495 e. The van der Waals surface area contributed by atoms with Crippen LogP contribution in [0.2, 0.25) is 5.02 Å². The van der Waals surface area contributed by atoms with Crippen molar-refractivity contribution in [2.24, 2.45) is 0 Å². The first-order valence-electron chi connectivity index (χ1n) is 5.59. The van der Waals surface area contributed by atoms with E-state index in [1.807, 2.05) is 6.92 Å². The first kappa shape index (κ1) is 13.4. The van der Waals surface area contributed by atoms with Crippen LogP contribution in [0.15, 0.2) is 22.7 Å². The SMILES string of the molecule is COc1cc(Cl)c(C)cc1NC(=O)c1cnc(C)o1. The zero-order chi connectivity index (χ0) is 14.0. The number of anilines is 1. The molecule has 0 aliphatic rings. The molecule has 0 fully saturated rings. The summed E-state index contributed by atoms with van der Waals surface area (Å²) in [6, 6.07) is 3.39. The third-order valence-corrected chi connectivity index (χ3v) is 2.98. The minimum atomic E-state index is -0.388. The Labute approximate surface area is 115 Å². The van der Waals surface area contributed by atoms with Crippen LogP contribution in [0.5, 0.6) is 5.75 Å². The number of nitrogens with one attached hydrogen (secondary N) is 1. The van der Waals surface area contributed by atoms with E-state index in [4.69, 9.17) is 20.8 Å². The number of carbonyl (C=O) groups is 1. The Morgan fingerprint density at radius 2 is 2.16 bits per heavy atom. The molecule has 1 aromatic carbocycles. The summed E-state index contributed by atoms with van der Waals surface area (Å²) in [6.07, 6.45) is 1.37. The van der Waals surface area contributed by atoms with E-state index < -0.39 is 0 Å². The average molecular weight is 281 g/mol. The van der Waals surface area contributed by atoms with Gasteiger partial charge in [-0.05, 0) is 18.6 Å². The van der Waals surface area contributed by atoms with Gasteiger partial charge in [0.25, 0.3) is 5.91 Å². The fourth-order valence-electron chi connectivity index (χ4n) is 1.58. The van der Waals surface area contributed by atoms with Crippen molar-refractivity contribution in [1.29, 1.82) is 0 Å². The van der Waals surface area contributed by atoms with Crippen LogP contribution in [0.3, 0.4) is 0 Å². The first-order chi connectivity index (χ1) is 9.01. The summed E-state index contributed by atoms with van der Waals surface area (Å²) in [5.74, 6) is 0.678. The minimum absolute atomic E-state index is 0.146. The van der Waals surface area contributed by atoms with Gasteiger partial charge in [-0.25, -0.2) is 4.98 Å². The Hall–Kier alpha value is -2.01. The standard InChI is InChI=1S/C13H13ClN2O3/c1-7-4-10(11(18-3)5-9(7)14)16-13(17)12-6-15-8(2)19-12/h4-6H,1-3H3,(H,16,17). The number of benzene rings is 1. The molecule has 5 nitrogen and oxygen atoms in total. The number of halogens is 1. The molecule has 0 aliphatic heterocycles. The molecule has 19 heavy (non-hydrogen) atoms. The van der Waals surface area contributed by atoms with E-state index in [0.717, 1.165) is 5.56 Å². The van der Waals surface area contributed by atoms with Gasteiger partial charge in [0.2, 0.25) is 5.76 Å². The molecule has 0 radical (unpaired) electrons. The summed E-state index contributed by atoms with van der Waals surface area (Å²) in [4.78, 5) is 15.8. The number of rotatable bonds is 3. The van der Waals surface area contributed by atoms with Crippen molar-refractivity contribution in [3.05, 3.63) is 40.6 Å². The molecule has 0 atom stereocenters. The van der Waals surface area contributed by atoms with Crippen LogP contribution in [0.25, 0.3) is 0 Å². The van der Waals surface area contributed by atoms with Gasteiger partial charge in [-0.1, -0.05) is 11.6 Å². The molecule has 0 saturated carbocycles. The maximum Gasteiger partial charge on any atom is 0.293 e. The van der Waals surface area contributed by atoms with E-state index in [2.05, 4.69) is 10.3 Å². The van der Waals surface area contributed by atoms with Crippen LogP contribution in [-0.4, -0.2) is 18.0 Å². The molecule has 6 heteroatoms. The molecule has 1 amide bonds. The third kappa shape index (κ3) is 2.88. The lowest BCUT2D eigenvalue weighted by Gasteiger charge is -2.11. The van der Waals surface area contributed by atoms with Crippen LogP contribution in [0.4, 0.5) is 5.69 Å². The second kappa shape index (κ2) is 5.32. The van der Waals surface area contributed by atoms with Crippen molar-refractivity contribution < 1.29 is 13.9 Å².